The van der Waals surface area contributed by atoms with E-state index in [9.17, 15) is 22.8 Å². The first-order valence-electron chi connectivity index (χ1n) is 10.5. The molecule has 0 aliphatic carbocycles. The lowest BCUT2D eigenvalue weighted by molar-refractivity contribution is -0.131. The van der Waals surface area contributed by atoms with Crippen LogP contribution in [0.1, 0.15) is 54.1 Å². The minimum Gasteiger partial charge on any atom is -0.341 e. The molecule has 1 atom stereocenters. The molecule has 31 heavy (non-hydrogen) atoms. The first-order valence-corrected chi connectivity index (χ1v) is 10.5. The maximum absolute atomic E-state index is 14.1. The van der Waals surface area contributed by atoms with E-state index in [0.29, 0.717) is 18.7 Å². The number of benzene rings is 2. The lowest BCUT2D eigenvalue weighted by atomic mass is 9.88. The van der Waals surface area contributed by atoms with Crippen LogP contribution in [0.5, 0.6) is 0 Å². The summed E-state index contributed by atoms with van der Waals surface area (Å²) in [7, 11) is 0. The molecule has 0 bridgehead atoms. The van der Waals surface area contributed by atoms with Gasteiger partial charge in [0.2, 0.25) is 5.91 Å². The van der Waals surface area contributed by atoms with E-state index in [1.807, 2.05) is 0 Å². The Kier molecular flexibility index (Phi) is 7.49. The predicted molar refractivity (Wildman–Crippen MR) is 112 cm³/mol. The number of nitrogens with zero attached hydrogens (tertiary/aromatic N) is 1. The molecule has 3 rings (SSSR count). The van der Waals surface area contributed by atoms with Crippen molar-refractivity contribution in [3.05, 3.63) is 70.5 Å². The van der Waals surface area contributed by atoms with Gasteiger partial charge >= 0.3 is 0 Å². The fraction of sp³-hybridized carbons (Fsp3) is 0.417. The maximum Gasteiger partial charge on any atom is 0.236 e. The second kappa shape index (κ2) is 10.1. The molecule has 1 fully saturated rings. The van der Waals surface area contributed by atoms with Crippen molar-refractivity contribution in [1.82, 2.24) is 10.2 Å². The second-order valence-corrected chi connectivity index (χ2v) is 8.28. The highest BCUT2D eigenvalue weighted by atomic mass is 19.1. The fourth-order valence-corrected chi connectivity index (χ4v) is 3.85. The highest BCUT2D eigenvalue weighted by Gasteiger charge is 2.26. The third-order valence-electron chi connectivity index (χ3n) is 5.63. The van der Waals surface area contributed by atoms with E-state index in [0.717, 1.165) is 24.5 Å². The lowest BCUT2D eigenvalue weighted by Crippen LogP contribution is -2.43. The number of carbonyl (C=O) groups is 2. The average Bonchev–Trinajstić information content (AvgIpc) is 2.75. The number of halogens is 3. The van der Waals surface area contributed by atoms with E-state index in [2.05, 4.69) is 5.32 Å². The Morgan fingerprint density at radius 1 is 1.10 bits per heavy atom. The van der Waals surface area contributed by atoms with Crippen molar-refractivity contribution < 1.29 is 22.8 Å². The summed E-state index contributed by atoms with van der Waals surface area (Å²) < 4.78 is 40.8. The zero-order valence-electron chi connectivity index (χ0n) is 17.8. The van der Waals surface area contributed by atoms with Crippen LogP contribution >= 0.6 is 0 Å². The van der Waals surface area contributed by atoms with Gasteiger partial charge in [0, 0.05) is 43.1 Å². The number of ketones is 1. The number of Topliss-reactive ketones (excluding diaryl/α,β-unsaturated/α-hetero) is 1. The number of rotatable bonds is 7. The number of hydrogen-bond donors (Lipinski definition) is 1. The Morgan fingerprint density at radius 3 is 2.58 bits per heavy atom. The number of hydrogen-bond acceptors (Lipinski definition) is 3. The Bertz CT molecular complexity index is 962. The van der Waals surface area contributed by atoms with Crippen LogP contribution in [-0.4, -0.2) is 36.2 Å². The van der Waals surface area contributed by atoms with Crippen LogP contribution in [0.3, 0.4) is 0 Å². The molecule has 1 N–H and O–H groups in total. The van der Waals surface area contributed by atoms with Gasteiger partial charge in [-0.05, 0) is 36.6 Å². The number of amides is 1. The van der Waals surface area contributed by atoms with Crippen LogP contribution in [0.2, 0.25) is 0 Å². The molecule has 1 saturated heterocycles. The molecule has 1 aliphatic heterocycles. The van der Waals surface area contributed by atoms with Gasteiger partial charge in [-0.3, -0.25) is 9.59 Å². The number of carbonyl (C=O) groups excluding carboxylic acids is 2. The summed E-state index contributed by atoms with van der Waals surface area (Å²) in [4.78, 5) is 26.6. The van der Waals surface area contributed by atoms with Gasteiger partial charge in [-0.15, -0.1) is 0 Å². The van der Waals surface area contributed by atoms with Crippen molar-refractivity contribution >= 4 is 11.7 Å². The van der Waals surface area contributed by atoms with Crippen molar-refractivity contribution in [3.8, 4) is 0 Å². The second-order valence-electron chi connectivity index (χ2n) is 8.28. The smallest absolute Gasteiger partial charge is 0.236 e. The van der Waals surface area contributed by atoms with Gasteiger partial charge in [0.05, 0.1) is 12.1 Å². The van der Waals surface area contributed by atoms with Crippen molar-refractivity contribution in [2.24, 2.45) is 5.92 Å². The zero-order chi connectivity index (χ0) is 22.5. The van der Waals surface area contributed by atoms with E-state index in [1.54, 1.807) is 30.9 Å². The summed E-state index contributed by atoms with van der Waals surface area (Å²) in [5, 5.41) is 2.91. The van der Waals surface area contributed by atoms with Crippen LogP contribution in [0.4, 0.5) is 13.2 Å². The van der Waals surface area contributed by atoms with E-state index < -0.39 is 17.5 Å². The van der Waals surface area contributed by atoms with Crippen LogP contribution in [-0.2, 0) is 11.3 Å². The van der Waals surface area contributed by atoms with Gasteiger partial charge in [-0.1, -0.05) is 26.0 Å². The molecule has 1 heterocycles. The quantitative estimate of drug-likeness (QED) is 0.659. The Balaban J connectivity index is 1.60. The van der Waals surface area contributed by atoms with Crippen LogP contribution in [0, 0.1) is 23.4 Å². The van der Waals surface area contributed by atoms with E-state index in [4.69, 9.17) is 0 Å². The summed E-state index contributed by atoms with van der Waals surface area (Å²) in [6.07, 6.45) is 1.65. The monoisotopic (exact) mass is 432 g/mol. The third-order valence-corrected chi connectivity index (χ3v) is 5.63. The summed E-state index contributed by atoms with van der Waals surface area (Å²) >= 11 is 0. The molecular weight excluding hydrogens is 405 g/mol. The molecule has 1 amide bonds. The summed E-state index contributed by atoms with van der Waals surface area (Å²) in [6.45, 7) is 4.71. The van der Waals surface area contributed by atoms with Crippen LogP contribution in [0.25, 0.3) is 0 Å². The summed E-state index contributed by atoms with van der Waals surface area (Å²) in [5.41, 5.74) is 1.24. The Labute approximate surface area is 180 Å². The molecule has 1 unspecified atom stereocenters. The lowest BCUT2D eigenvalue weighted by Gasteiger charge is -2.33. The van der Waals surface area contributed by atoms with E-state index in [-0.39, 0.29) is 42.2 Å². The maximum atomic E-state index is 14.1. The largest absolute Gasteiger partial charge is 0.341 e. The molecule has 2 aromatic carbocycles. The number of nitrogens with one attached hydrogen (secondary N) is 1. The van der Waals surface area contributed by atoms with Gasteiger partial charge in [-0.25, -0.2) is 13.2 Å². The standard InChI is InChI=1S/C24H27F3N2O2/c1-15(2)24(31)20-10-16(6-8-21(20)26)18-4-3-9-29(14-18)23(30)13-28-12-17-5-7-19(25)11-22(17)27/h5-8,10-11,15,18,28H,3-4,9,12-14H2,1-2H3. The topological polar surface area (TPSA) is 49.4 Å². The minimum absolute atomic E-state index is 0.0200. The van der Waals surface area contributed by atoms with Gasteiger partial charge in [0.1, 0.15) is 17.5 Å². The molecule has 0 radical (unpaired) electrons. The SMILES string of the molecule is CC(C)C(=O)c1cc(C2CCCN(C(=O)CNCc3ccc(F)cc3F)C2)ccc1F. The van der Waals surface area contributed by atoms with Crippen molar-refractivity contribution in [2.45, 2.75) is 39.2 Å². The molecule has 2 aromatic rings. The van der Waals surface area contributed by atoms with Crippen molar-refractivity contribution in [1.29, 1.82) is 0 Å². The highest BCUT2D eigenvalue weighted by molar-refractivity contribution is 5.97. The van der Waals surface area contributed by atoms with Gasteiger partial charge in [0.15, 0.2) is 5.78 Å². The van der Waals surface area contributed by atoms with Crippen molar-refractivity contribution in [2.75, 3.05) is 19.6 Å². The van der Waals surface area contributed by atoms with Gasteiger partial charge in [-0.2, -0.15) is 0 Å². The van der Waals surface area contributed by atoms with E-state index in [1.165, 1.54) is 18.2 Å². The predicted octanol–water partition coefficient (Wildman–Crippen LogP) is 4.44. The Hall–Kier alpha value is -2.67. The summed E-state index contributed by atoms with van der Waals surface area (Å²) in [5.74, 6) is -2.45. The fourth-order valence-electron chi connectivity index (χ4n) is 3.85. The minimum atomic E-state index is -0.652. The molecule has 4 nitrogen and oxygen atoms in total. The third kappa shape index (κ3) is 5.73. The number of piperidine rings is 1. The molecule has 0 saturated carbocycles. The normalized spacial score (nSPS) is 16.6. The number of likely N-dealkylation sites (tertiary alicyclic amines) is 1. The molecular formula is C24H27F3N2O2. The molecule has 1 aliphatic rings. The summed E-state index contributed by atoms with van der Waals surface area (Å²) in [6, 6.07) is 7.97. The van der Waals surface area contributed by atoms with Gasteiger partial charge in [0.25, 0.3) is 0 Å². The van der Waals surface area contributed by atoms with Crippen LogP contribution in [0.15, 0.2) is 36.4 Å². The molecule has 0 aromatic heterocycles. The highest BCUT2D eigenvalue weighted by Crippen LogP contribution is 2.29. The molecule has 0 spiro atoms. The first kappa shape index (κ1) is 23.0. The zero-order valence-corrected chi connectivity index (χ0v) is 17.8. The van der Waals surface area contributed by atoms with Crippen LogP contribution < -0.4 is 5.32 Å². The Morgan fingerprint density at radius 2 is 1.87 bits per heavy atom. The first-order chi connectivity index (χ1) is 14.8. The average molecular weight is 432 g/mol. The molecule has 7 heteroatoms. The van der Waals surface area contributed by atoms with E-state index >= 15 is 0 Å². The molecule has 166 valence electrons. The van der Waals surface area contributed by atoms with Crippen molar-refractivity contribution in [3.63, 3.8) is 0 Å². The van der Waals surface area contributed by atoms with Gasteiger partial charge < -0.3 is 10.2 Å².